The van der Waals surface area contributed by atoms with Crippen molar-refractivity contribution in [2.24, 2.45) is 0 Å². The van der Waals surface area contributed by atoms with Gasteiger partial charge in [-0.2, -0.15) is 0 Å². The highest BCUT2D eigenvalue weighted by Crippen LogP contribution is 2.34. The molecule has 166 valence electrons. The van der Waals surface area contributed by atoms with Gasteiger partial charge >= 0.3 is 0 Å². The predicted molar refractivity (Wildman–Crippen MR) is 116 cm³/mol. The third kappa shape index (κ3) is 5.61. The molecule has 31 heavy (non-hydrogen) atoms. The van der Waals surface area contributed by atoms with E-state index in [1.807, 2.05) is 0 Å². The Morgan fingerprint density at radius 3 is 2.13 bits per heavy atom. The van der Waals surface area contributed by atoms with Crippen LogP contribution in [0.15, 0.2) is 47.6 Å². The van der Waals surface area contributed by atoms with Crippen LogP contribution in [0.5, 0.6) is 0 Å². The Morgan fingerprint density at radius 1 is 1.03 bits per heavy atom. The van der Waals surface area contributed by atoms with Crippen molar-refractivity contribution in [3.8, 4) is 0 Å². The van der Waals surface area contributed by atoms with Crippen LogP contribution < -0.4 is 10.0 Å². The summed E-state index contributed by atoms with van der Waals surface area (Å²) in [5.41, 5.74) is 1.05. The molecule has 1 aromatic heterocycles. The molecule has 3 aromatic rings. The third-order valence-corrected chi connectivity index (χ3v) is 6.53. The molecule has 0 aliphatic heterocycles. The highest BCUT2D eigenvalue weighted by molar-refractivity contribution is 7.89. The van der Waals surface area contributed by atoms with Gasteiger partial charge in [-0.15, -0.1) is 0 Å². The Bertz CT molecular complexity index is 1120. The van der Waals surface area contributed by atoms with Crippen molar-refractivity contribution in [1.29, 1.82) is 0 Å². The number of imidazole rings is 1. The summed E-state index contributed by atoms with van der Waals surface area (Å²) >= 11 is 11.9. The standard InChI is InChI=1S/C20H20Cl2F2N4O2S/c1-25-7-2-8-27-31(29,30)18-11-26-20(28-18)19(12-3-5-16(23)14(21)9-12)13-4-6-17(24)15(22)10-13/h3-6,9-11,19,25,27H,2,7-8H2,1H3,(H,26,28). The summed E-state index contributed by atoms with van der Waals surface area (Å²) in [6, 6.07) is 8.20. The maximum atomic E-state index is 13.7. The van der Waals surface area contributed by atoms with Gasteiger partial charge in [0.2, 0.25) is 0 Å². The second-order valence-corrected chi connectivity index (χ2v) is 9.32. The molecule has 0 bridgehead atoms. The number of rotatable bonds is 9. The van der Waals surface area contributed by atoms with E-state index in [9.17, 15) is 17.2 Å². The van der Waals surface area contributed by atoms with Gasteiger partial charge in [0.1, 0.15) is 17.5 Å². The molecule has 1 heterocycles. The summed E-state index contributed by atoms with van der Waals surface area (Å²) < 4.78 is 55.0. The van der Waals surface area contributed by atoms with Gasteiger partial charge in [-0.05, 0) is 55.4 Å². The molecule has 0 atom stereocenters. The number of aromatic nitrogens is 2. The predicted octanol–water partition coefficient (Wildman–Crippen LogP) is 4.06. The van der Waals surface area contributed by atoms with Crippen LogP contribution in [0.25, 0.3) is 0 Å². The molecule has 2 aromatic carbocycles. The lowest BCUT2D eigenvalue weighted by Crippen LogP contribution is -2.27. The minimum atomic E-state index is -3.82. The molecule has 0 fully saturated rings. The number of nitrogens with zero attached hydrogens (tertiary/aromatic N) is 1. The largest absolute Gasteiger partial charge is 0.331 e. The maximum Gasteiger partial charge on any atom is 0.257 e. The highest BCUT2D eigenvalue weighted by atomic mass is 35.5. The molecule has 11 heteroatoms. The molecule has 3 N–H and O–H groups in total. The molecule has 3 rings (SSSR count). The monoisotopic (exact) mass is 488 g/mol. The van der Waals surface area contributed by atoms with Crippen molar-refractivity contribution >= 4 is 33.2 Å². The van der Waals surface area contributed by atoms with Gasteiger partial charge < -0.3 is 10.3 Å². The van der Waals surface area contributed by atoms with Crippen LogP contribution >= 0.6 is 23.2 Å². The molecule has 0 unspecified atom stereocenters. The minimum Gasteiger partial charge on any atom is -0.331 e. The van der Waals surface area contributed by atoms with Crippen molar-refractivity contribution in [1.82, 2.24) is 20.0 Å². The fourth-order valence-corrected chi connectivity index (χ4v) is 4.42. The number of nitrogens with one attached hydrogen (secondary N) is 3. The first-order chi connectivity index (χ1) is 14.7. The first kappa shape index (κ1) is 23.6. The van der Waals surface area contributed by atoms with E-state index in [2.05, 4.69) is 20.0 Å². The van der Waals surface area contributed by atoms with E-state index < -0.39 is 27.6 Å². The smallest absolute Gasteiger partial charge is 0.257 e. The van der Waals surface area contributed by atoms with Gasteiger partial charge in [-0.1, -0.05) is 35.3 Å². The van der Waals surface area contributed by atoms with E-state index in [4.69, 9.17) is 23.2 Å². The topological polar surface area (TPSA) is 86.9 Å². The first-order valence-electron chi connectivity index (χ1n) is 9.32. The average molecular weight is 489 g/mol. The van der Waals surface area contributed by atoms with E-state index in [1.54, 1.807) is 7.05 Å². The summed E-state index contributed by atoms with van der Waals surface area (Å²) in [6.45, 7) is 0.914. The SMILES string of the molecule is CNCCCNS(=O)(=O)c1cnc(C(c2ccc(F)c(Cl)c2)c2ccc(F)c(Cl)c2)[nH]1. The van der Waals surface area contributed by atoms with Crippen molar-refractivity contribution in [3.63, 3.8) is 0 Å². The normalized spacial score (nSPS) is 11.9. The molecule has 6 nitrogen and oxygen atoms in total. The summed E-state index contributed by atoms with van der Waals surface area (Å²) in [4.78, 5) is 7.03. The lowest BCUT2D eigenvalue weighted by Gasteiger charge is -2.17. The van der Waals surface area contributed by atoms with Crippen molar-refractivity contribution in [2.45, 2.75) is 17.4 Å². The zero-order valence-corrected chi connectivity index (χ0v) is 18.8. The van der Waals surface area contributed by atoms with Crippen LogP contribution in [0.1, 0.15) is 29.3 Å². The average Bonchev–Trinajstić information content (AvgIpc) is 3.21. The van der Waals surface area contributed by atoms with Crippen molar-refractivity contribution in [2.75, 3.05) is 20.1 Å². The zero-order chi connectivity index (χ0) is 22.6. The molecule has 0 radical (unpaired) electrons. The quantitative estimate of drug-likeness (QED) is 0.396. The minimum absolute atomic E-state index is 0.110. The number of sulfonamides is 1. The van der Waals surface area contributed by atoms with Gasteiger partial charge in [0.25, 0.3) is 10.0 Å². The van der Waals surface area contributed by atoms with Crippen LogP contribution in [0, 0.1) is 11.6 Å². The van der Waals surface area contributed by atoms with Crippen LogP contribution in [0.4, 0.5) is 8.78 Å². The van der Waals surface area contributed by atoms with Crippen LogP contribution in [0.3, 0.4) is 0 Å². The number of halogens is 4. The molecule has 0 saturated carbocycles. The lowest BCUT2D eigenvalue weighted by atomic mass is 9.90. The molecule has 0 saturated heterocycles. The van der Waals surface area contributed by atoms with E-state index in [0.29, 0.717) is 24.1 Å². The van der Waals surface area contributed by atoms with E-state index in [1.165, 1.54) is 42.6 Å². The summed E-state index contributed by atoms with van der Waals surface area (Å²) in [7, 11) is -2.04. The summed E-state index contributed by atoms with van der Waals surface area (Å²) in [5, 5.41) is 2.59. The first-order valence-corrected chi connectivity index (χ1v) is 11.6. The van der Waals surface area contributed by atoms with Crippen LogP contribution in [-0.4, -0.2) is 38.5 Å². The fourth-order valence-electron chi connectivity index (χ4n) is 3.04. The Labute approximate surface area is 189 Å². The van der Waals surface area contributed by atoms with Gasteiger partial charge in [0, 0.05) is 6.54 Å². The molecule has 0 spiro atoms. The summed E-state index contributed by atoms with van der Waals surface area (Å²) in [6.07, 6.45) is 1.81. The second-order valence-electron chi connectivity index (χ2n) is 6.77. The lowest BCUT2D eigenvalue weighted by molar-refractivity contribution is 0.573. The van der Waals surface area contributed by atoms with Gasteiger partial charge in [-0.3, -0.25) is 0 Å². The summed E-state index contributed by atoms with van der Waals surface area (Å²) in [5.74, 6) is -1.64. The van der Waals surface area contributed by atoms with Gasteiger partial charge in [-0.25, -0.2) is 26.9 Å². The second kappa shape index (κ2) is 10.1. The third-order valence-electron chi connectivity index (χ3n) is 4.58. The van der Waals surface area contributed by atoms with Crippen molar-refractivity contribution < 1.29 is 17.2 Å². The van der Waals surface area contributed by atoms with Crippen molar-refractivity contribution in [3.05, 3.63) is 81.2 Å². The van der Waals surface area contributed by atoms with Crippen LogP contribution in [0.2, 0.25) is 10.0 Å². The zero-order valence-electron chi connectivity index (χ0n) is 16.4. The van der Waals surface area contributed by atoms with E-state index in [0.717, 1.165) is 0 Å². The molecule has 0 amide bonds. The molecular weight excluding hydrogens is 469 g/mol. The number of hydrogen-bond donors (Lipinski definition) is 3. The molecular formula is C20H20Cl2F2N4O2S. The van der Waals surface area contributed by atoms with E-state index in [-0.39, 0.29) is 27.4 Å². The Kier molecular flexibility index (Phi) is 7.66. The van der Waals surface area contributed by atoms with Gasteiger partial charge in [0.15, 0.2) is 5.03 Å². The molecule has 0 aliphatic carbocycles. The number of benzene rings is 2. The maximum absolute atomic E-state index is 13.7. The Hall–Kier alpha value is -2.04. The molecule has 0 aliphatic rings. The van der Waals surface area contributed by atoms with E-state index >= 15 is 0 Å². The number of hydrogen-bond acceptors (Lipinski definition) is 4. The van der Waals surface area contributed by atoms with Crippen LogP contribution in [-0.2, 0) is 10.0 Å². The highest BCUT2D eigenvalue weighted by Gasteiger charge is 2.25. The number of H-pyrrole nitrogens is 1. The fraction of sp³-hybridized carbons (Fsp3) is 0.250. The Balaban J connectivity index is 2.00. The Morgan fingerprint density at radius 2 is 1.61 bits per heavy atom. The number of aromatic amines is 1. The van der Waals surface area contributed by atoms with Gasteiger partial charge in [0.05, 0.1) is 22.2 Å².